The Bertz CT molecular complexity index is 499. The molecule has 1 saturated heterocycles. The van der Waals surface area contributed by atoms with Gasteiger partial charge in [-0.05, 0) is 18.6 Å². The van der Waals surface area contributed by atoms with Crippen LogP contribution in [0.25, 0.3) is 0 Å². The van der Waals surface area contributed by atoms with E-state index < -0.39 is 24.3 Å². The van der Waals surface area contributed by atoms with Gasteiger partial charge in [0.1, 0.15) is 0 Å². The van der Waals surface area contributed by atoms with Gasteiger partial charge in [0.15, 0.2) is 6.10 Å². The predicted octanol–water partition coefficient (Wildman–Crippen LogP) is 2.55. The molecule has 0 amide bonds. The third-order valence-electron chi connectivity index (χ3n) is 3.62. The van der Waals surface area contributed by atoms with Crippen LogP contribution >= 0.6 is 0 Å². The second kappa shape index (κ2) is 6.72. The fourth-order valence-electron chi connectivity index (χ4n) is 2.49. The Kier molecular flexibility index (Phi) is 4.96. The Morgan fingerprint density at radius 3 is 2.43 bits per heavy atom. The Morgan fingerprint density at radius 2 is 1.86 bits per heavy atom. The summed E-state index contributed by atoms with van der Waals surface area (Å²) in [7, 11) is 0. The Morgan fingerprint density at radius 1 is 1.19 bits per heavy atom. The van der Waals surface area contributed by atoms with Crippen molar-refractivity contribution in [3.63, 3.8) is 0 Å². The second-order valence-electron chi connectivity index (χ2n) is 5.16. The van der Waals surface area contributed by atoms with Crippen molar-refractivity contribution in [3.8, 4) is 0 Å². The van der Waals surface area contributed by atoms with Gasteiger partial charge in [-0.2, -0.15) is 0 Å². The van der Waals surface area contributed by atoms with Crippen LogP contribution in [0.1, 0.15) is 37.6 Å². The molecule has 1 aliphatic heterocycles. The van der Waals surface area contributed by atoms with Crippen LogP contribution < -0.4 is 0 Å². The van der Waals surface area contributed by atoms with E-state index in [1.54, 1.807) is 24.3 Å². The first kappa shape index (κ1) is 15.5. The van der Waals surface area contributed by atoms with E-state index >= 15 is 0 Å². The highest BCUT2D eigenvalue weighted by Crippen LogP contribution is 2.32. The molecule has 21 heavy (non-hydrogen) atoms. The number of ether oxygens (including phenoxy) is 3. The number of hydrogen-bond donors (Lipinski definition) is 0. The van der Waals surface area contributed by atoms with E-state index in [0.717, 1.165) is 6.42 Å². The molecule has 0 spiro atoms. The molecular formula is C16H20O5. The number of hydrogen-bond acceptors (Lipinski definition) is 5. The summed E-state index contributed by atoms with van der Waals surface area (Å²) in [4.78, 5) is 23.3. The van der Waals surface area contributed by atoms with Crippen molar-refractivity contribution in [2.45, 2.75) is 45.7 Å². The minimum atomic E-state index is -0.838. The highest BCUT2D eigenvalue weighted by atomic mass is 16.7. The molecule has 2 rings (SSSR count). The van der Waals surface area contributed by atoms with Crippen molar-refractivity contribution < 1.29 is 23.8 Å². The third kappa shape index (κ3) is 3.61. The van der Waals surface area contributed by atoms with E-state index in [1.807, 2.05) is 19.9 Å². The minimum Gasteiger partial charge on any atom is -0.452 e. The molecule has 5 nitrogen and oxygen atoms in total. The van der Waals surface area contributed by atoms with E-state index in [9.17, 15) is 9.59 Å². The quantitative estimate of drug-likeness (QED) is 0.798. The number of esters is 2. The Hall–Kier alpha value is -1.88. The molecule has 0 aromatic heterocycles. The zero-order chi connectivity index (χ0) is 15.4. The van der Waals surface area contributed by atoms with Crippen LogP contribution in [-0.2, 0) is 19.0 Å². The maximum Gasteiger partial charge on any atom is 0.338 e. The topological polar surface area (TPSA) is 61.8 Å². The molecule has 1 aromatic carbocycles. The molecular weight excluding hydrogens is 272 g/mol. The Balaban J connectivity index is 2.11. The first-order valence-electron chi connectivity index (χ1n) is 7.11. The highest BCUT2D eigenvalue weighted by molar-refractivity contribution is 5.89. The van der Waals surface area contributed by atoms with Crippen LogP contribution in [0.3, 0.4) is 0 Å². The van der Waals surface area contributed by atoms with Crippen LogP contribution in [0, 0.1) is 5.92 Å². The molecule has 0 bridgehead atoms. The lowest BCUT2D eigenvalue weighted by Crippen LogP contribution is -2.34. The number of carbonyl (C=O) groups excluding carboxylic acids is 2. The SMILES string of the molecule is CC[C@H]1OC(OC(C)=O)[C@H](OC(=O)c2ccccc2)[C@@H]1C. The summed E-state index contributed by atoms with van der Waals surface area (Å²) in [5, 5.41) is 0. The van der Waals surface area contributed by atoms with E-state index in [-0.39, 0.29) is 12.0 Å². The van der Waals surface area contributed by atoms with Crippen molar-refractivity contribution in [2.24, 2.45) is 5.92 Å². The molecule has 1 heterocycles. The van der Waals surface area contributed by atoms with Crippen molar-refractivity contribution >= 4 is 11.9 Å². The zero-order valence-electron chi connectivity index (χ0n) is 12.4. The van der Waals surface area contributed by atoms with Crippen molar-refractivity contribution in [2.75, 3.05) is 0 Å². The maximum absolute atomic E-state index is 12.2. The van der Waals surface area contributed by atoms with Gasteiger partial charge in [0.05, 0.1) is 11.7 Å². The van der Waals surface area contributed by atoms with Crippen molar-refractivity contribution in [1.29, 1.82) is 0 Å². The number of rotatable bonds is 4. The Labute approximate surface area is 124 Å². The maximum atomic E-state index is 12.2. The van der Waals surface area contributed by atoms with Crippen molar-refractivity contribution in [1.82, 2.24) is 0 Å². The van der Waals surface area contributed by atoms with Gasteiger partial charge < -0.3 is 14.2 Å². The highest BCUT2D eigenvalue weighted by Gasteiger charge is 2.45. The van der Waals surface area contributed by atoms with Gasteiger partial charge in [-0.15, -0.1) is 0 Å². The zero-order valence-corrected chi connectivity index (χ0v) is 12.4. The van der Waals surface area contributed by atoms with Gasteiger partial charge in [0.25, 0.3) is 0 Å². The summed E-state index contributed by atoms with van der Waals surface area (Å²) < 4.78 is 16.3. The molecule has 1 unspecified atom stereocenters. The summed E-state index contributed by atoms with van der Waals surface area (Å²) in [5.41, 5.74) is 0.464. The van der Waals surface area contributed by atoms with Gasteiger partial charge in [-0.1, -0.05) is 32.0 Å². The van der Waals surface area contributed by atoms with Crippen LogP contribution in [0.5, 0.6) is 0 Å². The average Bonchev–Trinajstić information content (AvgIpc) is 2.76. The first-order valence-corrected chi connectivity index (χ1v) is 7.11. The molecule has 0 saturated carbocycles. The largest absolute Gasteiger partial charge is 0.452 e. The normalized spacial score (nSPS) is 28.1. The van der Waals surface area contributed by atoms with Gasteiger partial charge in [-0.25, -0.2) is 4.79 Å². The van der Waals surface area contributed by atoms with Gasteiger partial charge in [-0.3, -0.25) is 4.79 Å². The third-order valence-corrected chi connectivity index (χ3v) is 3.62. The second-order valence-corrected chi connectivity index (χ2v) is 5.16. The molecule has 0 N–H and O–H groups in total. The minimum absolute atomic E-state index is 0.0352. The van der Waals surface area contributed by atoms with Crippen molar-refractivity contribution in [3.05, 3.63) is 35.9 Å². The molecule has 114 valence electrons. The summed E-state index contributed by atoms with van der Waals surface area (Å²) in [5.74, 6) is -0.929. The fourth-order valence-corrected chi connectivity index (χ4v) is 2.49. The monoisotopic (exact) mass is 292 g/mol. The van der Waals surface area contributed by atoms with Gasteiger partial charge in [0.2, 0.25) is 6.29 Å². The van der Waals surface area contributed by atoms with E-state index in [2.05, 4.69) is 0 Å². The summed E-state index contributed by atoms with van der Waals surface area (Å²) in [6.07, 6.45) is -0.761. The summed E-state index contributed by atoms with van der Waals surface area (Å²) in [6, 6.07) is 8.72. The van der Waals surface area contributed by atoms with Gasteiger partial charge in [0, 0.05) is 12.8 Å². The van der Waals surface area contributed by atoms with Crippen LogP contribution in [0.4, 0.5) is 0 Å². The molecule has 0 radical (unpaired) electrons. The molecule has 1 aliphatic rings. The molecule has 5 heteroatoms. The predicted molar refractivity (Wildman–Crippen MR) is 75.5 cm³/mol. The first-order chi connectivity index (χ1) is 10.0. The lowest BCUT2D eigenvalue weighted by molar-refractivity contribution is -0.186. The smallest absolute Gasteiger partial charge is 0.338 e. The molecule has 0 aliphatic carbocycles. The van der Waals surface area contributed by atoms with E-state index in [4.69, 9.17) is 14.2 Å². The van der Waals surface area contributed by atoms with Gasteiger partial charge >= 0.3 is 11.9 Å². The number of carbonyl (C=O) groups is 2. The molecule has 1 aromatic rings. The van der Waals surface area contributed by atoms with E-state index in [1.165, 1.54) is 6.92 Å². The standard InChI is InChI=1S/C16H20O5/c1-4-13-10(2)14(16(20-13)19-11(3)17)21-15(18)12-8-6-5-7-9-12/h5-10,13-14,16H,4H2,1-3H3/t10-,13-,14-,16?/m1/s1. The number of benzene rings is 1. The fraction of sp³-hybridized carbons (Fsp3) is 0.500. The lowest BCUT2D eigenvalue weighted by atomic mass is 9.99. The van der Waals surface area contributed by atoms with Crippen LogP contribution in [0.15, 0.2) is 30.3 Å². The molecule has 4 atom stereocenters. The van der Waals surface area contributed by atoms with Crippen LogP contribution in [0.2, 0.25) is 0 Å². The summed E-state index contributed by atoms with van der Waals surface area (Å²) in [6.45, 7) is 5.22. The van der Waals surface area contributed by atoms with Crippen LogP contribution in [-0.4, -0.2) is 30.4 Å². The average molecular weight is 292 g/mol. The summed E-state index contributed by atoms with van der Waals surface area (Å²) >= 11 is 0. The lowest BCUT2D eigenvalue weighted by Gasteiger charge is -2.21. The van der Waals surface area contributed by atoms with E-state index in [0.29, 0.717) is 5.56 Å². The molecule has 1 fully saturated rings.